The van der Waals surface area contributed by atoms with E-state index in [1.807, 2.05) is 19.0 Å². The molecule has 2 unspecified atom stereocenters. The molecule has 5 heteroatoms. The zero-order valence-corrected chi connectivity index (χ0v) is 10.2. The van der Waals surface area contributed by atoms with Crippen LogP contribution in [0.4, 0.5) is 0 Å². The van der Waals surface area contributed by atoms with Crippen LogP contribution in [0.1, 0.15) is 13.3 Å². The quantitative estimate of drug-likeness (QED) is 0.496. The van der Waals surface area contributed by atoms with Gasteiger partial charge in [0.2, 0.25) is 5.91 Å². The van der Waals surface area contributed by atoms with Crippen molar-refractivity contribution in [3.8, 4) is 12.3 Å². The molecule has 0 fully saturated rings. The van der Waals surface area contributed by atoms with Gasteiger partial charge in [0.25, 0.3) is 0 Å². The fourth-order valence-electron chi connectivity index (χ4n) is 1.37. The molecule has 0 aliphatic heterocycles. The van der Waals surface area contributed by atoms with Gasteiger partial charge in [0.1, 0.15) is 0 Å². The maximum Gasteiger partial charge on any atom is 0.238 e. The number of hydrogen-bond donors (Lipinski definition) is 3. The topological polar surface area (TPSA) is 78.6 Å². The van der Waals surface area contributed by atoms with Crippen molar-refractivity contribution in [1.82, 2.24) is 10.2 Å². The second-order valence-corrected chi connectivity index (χ2v) is 4.47. The molecule has 0 saturated heterocycles. The van der Waals surface area contributed by atoms with Gasteiger partial charge in [-0.05, 0) is 21.0 Å². The van der Waals surface area contributed by atoms with Crippen LogP contribution in [0.15, 0.2) is 0 Å². The third kappa shape index (κ3) is 6.40. The maximum atomic E-state index is 11.4. The molecular weight excluding hydrogens is 206 g/mol. The lowest BCUT2D eigenvalue weighted by molar-refractivity contribution is -0.123. The van der Waals surface area contributed by atoms with Crippen LogP contribution in [0.3, 0.4) is 0 Å². The Kier molecular flexibility index (Phi) is 6.04. The summed E-state index contributed by atoms with van der Waals surface area (Å²) < 4.78 is 0. The number of aliphatic hydroxyl groups is 1. The van der Waals surface area contributed by atoms with Gasteiger partial charge in [-0.2, -0.15) is 0 Å². The average molecular weight is 227 g/mol. The Labute approximate surface area is 97.0 Å². The van der Waals surface area contributed by atoms with Crippen molar-refractivity contribution in [3.63, 3.8) is 0 Å². The van der Waals surface area contributed by atoms with Gasteiger partial charge >= 0.3 is 0 Å². The molecule has 0 heterocycles. The summed E-state index contributed by atoms with van der Waals surface area (Å²) in [6.07, 6.45) is 5.25. The van der Waals surface area contributed by atoms with Crippen LogP contribution in [0.25, 0.3) is 0 Å². The third-order valence-corrected chi connectivity index (χ3v) is 1.97. The van der Waals surface area contributed by atoms with Crippen LogP contribution < -0.4 is 11.1 Å². The molecular formula is C11H21N3O2. The van der Waals surface area contributed by atoms with Crippen LogP contribution in [-0.2, 0) is 4.79 Å². The monoisotopic (exact) mass is 227 g/mol. The lowest BCUT2D eigenvalue weighted by Gasteiger charge is -2.27. The molecule has 1 amide bonds. The summed E-state index contributed by atoms with van der Waals surface area (Å²) in [6.45, 7) is 2.26. The number of nitrogens with zero attached hydrogens (tertiary/aromatic N) is 1. The first-order valence-electron chi connectivity index (χ1n) is 5.12. The molecule has 0 rings (SSSR count). The van der Waals surface area contributed by atoms with E-state index in [4.69, 9.17) is 12.2 Å². The van der Waals surface area contributed by atoms with Gasteiger partial charge in [0.05, 0.1) is 11.6 Å². The predicted molar refractivity (Wildman–Crippen MR) is 63.6 cm³/mol. The van der Waals surface area contributed by atoms with Crippen LogP contribution in [0.2, 0.25) is 0 Å². The molecule has 0 aromatic rings. The Hall–Kier alpha value is -1.09. The highest BCUT2D eigenvalue weighted by Crippen LogP contribution is 2.02. The number of terminal acetylenes is 1. The van der Waals surface area contributed by atoms with Crippen molar-refractivity contribution >= 4 is 5.91 Å². The van der Waals surface area contributed by atoms with Gasteiger partial charge in [0.15, 0.2) is 0 Å². The molecule has 4 N–H and O–H groups in total. The average Bonchev–Trinajstić information content (AvgIpc) is 2.12. The lowest BCUT2D eigenvalue weighted by atomic mass is 10.1. The van der Waals surface area contributed by atoms with E-state index in [-0.39, 0.29) is 18.9 Å². The van der Waals surface area contributed by atoms with Crippen molar-refractivity contribution in [2.24, 2.45) is 5.73 Å². The molecule has 0 spiro atoms. The summed E-state index contributed by atoms with van der Waals surface area (Å²) >= 11 is 0. The summed E-state index contributed by atoms with van der Waals surface area (Å²) in [7, 11) is 3.70. The number of likely N-dealkylation sites (N-methyl/N-ethyl adjacent to an activating group) is 1. The first-order valence-corrected chi connectivity index (χ1v) is 5.12. The van der Waals surface area contributed by atoms with Crippen molar-refractivity contribution in [2.75, 3.05) is 27.2 Å². The summed E-state index contributed by atoms with van der Waals surface area (Å²) in [5, 5.41) is 12.5. The van der Waals surface area contributed by atoms with E-state index in [1.54, 1.807) is 6.92 Å². The Bertz CT molecular complexity index is 269. The van der Waals surface area contributed by atoms with Crippen molar-refractivity contribution in [3.05, 3.63) is 0 Å². The first kappa shape index (κ1) is 14.9. The van der Waals surface area contributed by atoms with Crippen LogP contribution in [0.5, 0.6) is 0 Å². The van der Waals surface area contributed by atoms with E-state index < -0.39 is 11.6 Å². The smallest absolute Gasteiger partial charge is 0.238 e. The van der Waals surface area contributed by atoms with E-state index in [9.17, 15) is 9.90 Å². The number of nitrogens with one attached hydrogen (secondary N) is 1. The molecule has 0 aromatic carbocycles. The molecule has 0 bridgehead atoms. The minimum absolute atomic E-state index is 0.155. The van der Waals surface area contributed by atoms with Gasteiger partial charge in [-0.3, -0.25) is 4.79 Å². The highest BCUT2D eigenvalue weighted by Gasteiger charge is 2.23. The molecule has 5 nitrogen and oxygen atoms in total. The van der Waals surface area contributed by atoms with Crippen LogP contribution in [-0.4, -0.2) is 54.7 Å². The number of rotatable bonds is 6. The van der Waals surface area contributed by atoms with Crippen molar-refractivity contribution < 1.29 is 9.90 Å². The number of carbonyl (C=O) groups is 1. The van der Waals surface area contributed by atoms with Gasteiger partial charge in [-0.15, -0.1) is 12.3 Å². The molecule has 16 heavy (non-hydrogen) atoms. The standard InChI is InChI=1S/C11H21N3O2/c1-5-6-9(12)10(15)13-7-11(2,16)8-14(3)4/h1,9,16H,6-8,12H2,2-4H3,(H,13,15). The van der Waals surface area contributed by atoms with E-state index in [0.717, 1.165) is 0 Å². The van der Waals surface area contributed by atoms with Crippen molar-refractivity contribution in [2.45, 2.75) is 25.0 Å². The zero-order chi connectivity index (χ0) is 12.8. The molecule has 0 aliphatic carbocycles. The van der Waals surface area contributed by atoms with Crippen LogP contribution >= 0.6 is 0 Å². The van der Waals surface area contributed by atoms with Gasteiger partial charge in [-0.1, -0.05) is 0 Å². The maximum absolute atomic E-state index is 11.4. The summed E-state index contributed by atoms with van der Waals surface area (Å²) in [4.78, 5) is 13.2. The Balaban J connectivity index is 4.04. The zero-order valence-electron chi connectivity index (χ0n) is 10.2. The lowest BCUT2D eigenvalue weighted by Crippen LogP contribution is -2.50. The normalized spacial score (nSPS) is 16.3. The van der Waals surface area contributed by atoms with E-state index in [1.165, 1.54) is 0 Å². The number of hydrogen-bond acceptors (Lipinski definition) is 4. The minimum Gasteiger partial charge on any atom is -0.387 e. The minimum atomic E-state index is -0.977. The van der Waals surface area contributed by atoms with Gasteiger partial charge in [-0.25, -0.2) is 0 Å². The molecule has 2 atom stereocenters. The van der Waals surface area contributed by atoms with Crippen molar-refractivity contribution in [1.29, 1.82) is 0 Å². The highest BCUT2D eigenvalue weighted by atomic mass is 16.3. The van der Waals surface area contributed by atoms with E-state index in [0.29, 0.717) is 6.54 Å². The van der Waals surface area contributed by atoms with E-state index in [2.05, 4.69) is 11.2 Å². The predicted octanol–water partition coefficient (Wildman–Crippen LogP) is -1.23. The van der Waals surface area contributed by atoms with Gasteiger partial charge < -0.3 is 21.1 Å². The fraction of sp³-hybridized carbons (Fsp3) is 0.727. The molecule has 0 aromatic heterocycles. The molecule has 92 valence electrons. The Morgan fingerprint density at radius 2 is 2.25 bits per heavy atom. The number of carbonyl (C=O) groups excluding carboxylic acids is 1. The highest BCUT2D eigenvalue weighted by molar-refractivity contribution is 5.81. The van der Waals surface area contributed by atoms with Gasteiger partial charge in [0, 0.05) is 19.5 Å². The van der Waals surface area contributed by atoms with E-state index >= 15 is 0 Å². The number of nitrogens with two attached hydrogens (primary N) is 1. The number of amides is 1. The second-order valence-electron chi connectivity index (χ2n) is 4.47. The Morgan fingerprint density at radius 1 is 1.69 bits per heavy atom. The van der Waals surface area contributed by atoms with Crippen LogP contribution in [0, 0.1) is 12.3 Å². The SMILES string of the molecule is C#CCC(N)C(=O)NCC(C)(O)CN(C)C. The summed E-state index contributed by atoms with van der Waals surface area (Å²) in [6, 6.07) is -0.708. The largest absolute Gasteiger partial charge is 0.387 e. The summed E-state index contributed by atoms with van der Waals surface area (Å²) in [5.74, 6) is 1.99. The summed E-state index contributed by atoms with van der Waals surface area (Å²) in [5.41, 5.74) is 4.53. The second kappa shape index (κ2) is 6.48. The Morgan fingerprint density at radius 3 is 2.69 bits per heavy atom. The first-order chi connectivity index (χ1) is 7.28. The molecule has 0 saturated carbocycles. The molecule has 0 radical (unpaired) electrons. The third-order valence-electron chi connectivity index (χ3n) is 1.97. The fourth-order valence-corrected chi connectivity index (χ4v) is 1.37. The molecule has 0 aliphatic rings.